The number of nitrogens with one attached hydrogen (secondary N) is 1. The van der Waals surface area contributed by atoms with Crippen LogP contribution in [0.15, 0.2) is 42.5 Å². The van der Waals surface area contributed by atoms with Crippen LogP contribution in [-0.2, 0) is 6.54 Å². The van der Waals surface area contributed by atoms with Crippen molar-refractivity contribution in [2.45, 2.75) is 6.54 Å². The van der Waals surface area contributed by atoms with Gasteiger partial charge in [0.15, 0.2) is 11.5 Å². The van der Waals surface area contributed by atoms with Crippen LogP contribution < -0.4 is 19.1 Å². The minimum absolute atomic E-state index is 0.0356. The fourth-order valence-electron chi connectivity index (χ4n) is 3.53. The molecule has 0 spiro atoms. The molecule has 1 heterocycles. The second kappa shape index (κ2) is 8.77. The Kier molecular flexibility index (Phi) is 6.19. The van der Waals surface area contributed by atoms with Gasteiger partial charge in [-0.1, -0.05) is 30.3 Å². The molecule has 0 unspecified atom stereocenters. The highest BCUT2D eigenvalue weighted by atomic mass is 16.5. The lowest BCUT2D eigenvalue weighted by Crippen LogP contribution is -3.13. The molecule has 1 aliphatic rings. The zero-order chi connectivity index (χ0) is 19.2. The van der Waals surface area contributed by atoms with Gasteiger partial charge in [0, 0.05) is 5.56 Å². The molecule has 6 nitrogen and oxygen atoms in total. The first-order valence-corrected chi connectivity index (χ1v) is 9.13. The standard InChI is InChI=1S/C21H26N2O4/c1-25-18-10-9-17(19(26-2)20(18)27-3)21(24)23-13-11-22(12-14-23)15-16-7-5-4-6-8-16/h4-10H,11-15H2,1-3H3/p+1. The highest BCUT2D eigenvalue weighted by molar-refractivity contribution is 5.98. The molecule has 3 rings (SSSR count). The van der Waals surface area contributed by atoms with E-state index in [-0.39, 0.29) is 5.91 Å². The second-order valence-corrected chi connectivity index (χ2v) is 6.59. The molecule has 6 heteroatoms. The summed E-state index contributed by atoms with van der Waals surface area (Å²) in [6.07, 6.45) is 0. The molecular formula is C21H27N2O4+. The predicted octanol–water partition coefficient (Wildman–Crippen LogP) is 1.25. The van der Waals surface area contributed by atoms with E-state index in [0.717, 1.165) is 32.7 Å². The number of benzene rings is 2. The van der Waals surface area contributed by atoms with E-state index in [9.17, 15) is 4.79 Å². The molecule has 2 aromatic rings. The quantitative estimate of drug-likeness (QED) is 0.831. The van der Waals surface area contributed by atoms with Crippen LogP contribution in [0.2, 0.25) is 0 Å². The van der Waals surface area contributed by atoms with Gasteiger partial charge in [-0.25, -0.2) is 0 Å². The van der Waals surface area contributed by atoms with E-state index in [1.807, 2.05) is 11.0 Å². The van der Waals surface area contributed by atoms with Crippen LogP contribution in [0.3, 0.4) is 0 Å². The summed E-state index contributed by atoms with van der Waals surface area (Å²) in [6, 6.07) is 14.0. The van der Waals surface area contributed by atoms with Gasteiger partial charge in [-0.3, -0.25) is 4.79 Å². The topological polar surface area (TPSA) is 52.4 Å². The third kappa shape index (κ3) is 4.17. The summed E-state index contributed by atoms with van der Waals surface area (Å²) in [5.41, 5.74) is 1.83. The molecule has 0 radical (unpaired) electrons. The second-order valence-electron chi connectivity index (χ2n) is 6.59. The number of quaternary nitrogens is 1. The Balaban J connectivity index is 1.69. The Morgan fingerprint density at radius 3 is 2.19 bits per heavy atom. The van der Waals surface area contributed by atoms with Crippen molar-refractivity contribution in [2.75, 3.05) is 47.5 Å². The SMILES string of the molecule is COc1ccc(C(=O)N2CC[NH+](Cc3ccccc3)CC2)c(OC)c1OC. The van der Waals surface area contributed by atoms with Gasteiger partial charge >= 0.3 is 0 Å². The van der Waals surface area contributed by atoms with Crippen molar-refractivity contribution in [1.29, 1.82) is 0 Å². The van der Waals surface area contributed by atoms with E-state index >= 15 is 0 Å². The third-order valence-corrected chi connectivity index (χ3v) is 4.99. The number of nitrogens with zero attached hydrogens (tertiary/aromatic N) is 1. The number of carbonyl (C=O) groups excluding carboxylic acids is 1. The Bertz CT molecular complexity index is 771. The maximum absolute atomic E-state index is 13.1. The number of hydrogen-bond donors (Lipinski definition) is 1. The molecule has 0 aliphatic carbocycles. The normalized spacial score (nSPS) is 14.7. The van der Waals surface area contributed by atoms with Crippen LogP contribution in [-0.4, -0.2) is 58.3 Å². The third-order valence-electron chi connectivity index (χ3n) is 4.99. The molecule has 0 saturated carbocycles. The van der Waals surface area contributed by atoms with Crippen molar-refractivity contribution >= 4 is 5.91 Å². The molecule has 27 heavy (non-hydrogen) atoms. The number of methoxy groups -OCH3 is 3. The maximum atomic E-state index is 13.1. The van der Waals surface area contributed by atoms with Crippen LogP contribution in [0.25, 0.3) is 0 Å². The number of ether oxygens (including phenoxy) is 3. The average molecular weight is 371 g/mol. The highest BCUT2D eigenvalue weighted by Gasteiger charge is 2.28. The summed E-state index contributed by atoms with van der Waals surface area (Å²) in [5.74, 6) is 1.37. The monoisotopic (exact) mass is 371 g/mol. The van der Waals surface area contributed by atoms with E-state index in [4.69, 9.17) is 14.2 Å². The Morgan fingerprint density at radius 2 is 1.59 bits per heavy atom. The molecule has 1 N–H and O–H groups in total. The van der Waals surface area contributed by atoms with Gasteiger partial charge in [-0.05, 0) is 12.1 Å². The van der Waals surface area contributed by atoms with Crippen LogP contribution in [0.4, 0.5) is 0 Å². The van der Waals surface area contributed by atoms with Crippen molar-refractivity contribution in [3.05, 3.63) is 53.6 Å². The first-order chi connectivity index (χ1) is 13.2. The lowest BCUT2D eigenvalue weighted by atomic mass is 10.1. The van der Waals surface area contributed by atoms with Gasteiger partial charge in [0.2, 0.25) is 5.75 Å². The van der Waals surface area contributed by atoms with Crippen molar-refractivity contribution in [2.24, 2.45) is 0 Å². The number of piperazine rings is 1. The van der Waals surface area contributed by atoms with Crippen molar-refractivity contribution in [3.8, 4) is 17.2 Å². The largest absolute Gasteiger partial charge is 0.493 e. The summed E-state index contributed by atoms with van der Waals surface area (Å²) in [4.78, 5) is 16.4. The van der Waals surface area contributed by atoms with Crippen LogP contribution in [0.5, 0.6) is 17.2 Å². The molecule has 2 aromatic carbocycles. The first kappa shape index (κ1) is 19.0. The average Bonchev–Trinajstić information content (AvgIpc) is 2.73. The molecule has 1 fully saturated rings. The summed E-state index contributed by atoms with van der Waals surface area (Å²) >= 11 is 0. The van der Waals surface area contributed by atoms with Gasteiger partial charge in [-0.2, -0.15) is 0 Å². The van der Waals surface area contributed by atoms with E-state index in [0.29, 0.717) is 22.8 Å². The summed E-state index contributed by atoms with van der Waals surface area (Å²) in [5, 5.41) is 0. The fourth-order valence-corrected chi connectivity index (χ4v) is 3.53. The maximum Gasteiger partial charge on any atom is 0.258 e. The molecule has 0 aromatic heterocycles. The van der Waals surface area contributed by atoms with Crippen molar-refractivity contribution < 1.29 is 23.9 Å². The number of amides is 1. The minimum atomic E-state index is -0.0356. The van der Waals surface area contributed by atoms with E-state index < -0.39 is 0 Å². The molecular weight excluding hydrogens is 344 g/mol. The van der Waals surface area contributed by atoms with Crippen molar-refractivity contribution in [3.63, 3.8) is 0 Å². The van der Waals surface area contributed by atoms with Gasteiger partial charge in [0.25, 0.3) is 5.91 Å². The molecule has 1 saturated heterocycles. The summed E-state index contributed by atoms with van der Waals surface area (Å²) < 4.78 is 16.2. The summed E-state index contributed by atoms with van der Waals surface area (Å²) in [6.45, 7) is 4.28. The van der Waals surface area contributed by atoms with Gasteiger partial charge in [0.05, 0.1) is 53.1 Å². The fraction of sp³-hybridized carbons (Fsp3) is 0.381. The first-order valence-electron chi connectivity index (χ1n) is 9.13. The van der Waals surface area contributed by atoms with Crippen LogP contribution >= 0.6 is 0 Å². The zero-order valence-corrected chi connectivity index (χ0v) is 16.2. The van der Waals surface area contributed by atoms with E-state index in [1.165, 1.54) is 17.6 Å². The Morgan fingerprint density at radius 1 is 0.926 bits per heavy atom. The number of carbonyl (C=O) groups is 1. The molecule has 1 aliphatic heterocycles. The van der Waals surface area contributed by atoms with Gasteiger partial charge in [0.1, 0.15) is 6.54 Å². The highest BCUT2D eigenvalue weighted by Crippen LogP contribution is 2.40. The molecule has 0 atom stereocenters. The predicted molar refractivity (Wildman–Crippen MR) is 103 cm³/mol. The van der Waals surface area contributed by atoms with Crippen LogP contribution in [0.1, 0.15) is 15.9 Å². The lowest BCUT2D eigenvalue weighted by Gasteiger charge is -2.32. The molecule has 1 amide bonds. The van der Waals surface area contributed by atoms with Crippen molar-refractivity contribution in [1.82, 2.24) is 4.90 Å². The Hall–Kier alpha value is -2.73. The Labute approximate surface area is 160 Å². The lowest BCUT2D eigenvalue weighted by molar-refractivity contribution is -0.917. The van der Waals surface area contributed by atoms with E-state index in [2.05, 4.69) is 24.3 Å². The summed E-state index contributed by atoms with van der Waals surface area (Å²) in [7, 11) is 4.64. The number of rotatable bonds is 6. The van der Waals surface area contributed by atoms with E-state index in [1.54, 1.807) is 26.4 Å². The van der Waals surface area contributed by atoms with Gasteiger partial charge in [-0.15, -0.1) is 0 Å². The zero-order valence-electron chi connectivity index (χ0n) is 16.2. The smallest absolute Gasteiger partial charge is 0.258 e. The van der Waals surface area contributed by atoms with Gasteiger partial charge < -0.3 is 24.0 Å². The number of hydrogen-bond acceptors (Lipinski definition) is 4. The molecule has 0 bridgehead atoms. The minimum Gasteiger partial charge on any atom is -0.493 e. The van der Waals surface area contributed by atoms with Crippen LogP contribution in [0, 0.1) is 0 Å². The molecule has 144 valence electrons.